The molecule has 0 aliphatic heterocycles. The van der Waals surface area contributed by atoms with Gasteiger partial charge < -0.3 is 11.1 Å². The quantitative estimate of drug-likeness (QED) is 0.870. The summed E-state index contributed by atoms with van der Waals surface area (Å²) >= 11 is 0. The van der Waals surface area contributed by atoms with E-state index in [1.807, 2.05) is 19.1 Å². The lowest BCUT2D eigenvalue weighted by molar-refractivity contribution is 0.610. The van der Waals surface area contributed by atoms with Crippen molar-refractivity contribution in [2.75, 3.05) is 5.32 Å². The Morgan fingerprint density at radius 2 is 2.17 bits per heavy atom. The third kappa shape index (κ3) is 2.84. The molecule has 3 nitrogen and oxygen atoms in total. The van der Waals surface area contributed by atoms with Crippen LogP contribution in [0.1, 0.15) is 16.7 Å². The molecule has 0 atom stereocenters. The van der Waals surface area contributed by atoms with Crippen LogP contribution >= 0.6 is 0 Å². The summed E-state index contributed by atoms with van der Waals surface area (Å²) in [7, 11) is 0. The van der Waals surface area contributed by atoms with E-state index in [0.717, 1.165) is 16.8 Å². The van der Waals surface area contributed by atoms with Crippen molar-refractivity contribution in [3.05, 3.63) is 59.2 Å². The van der Waals surface area contributed by atoms with Crippen molar-refractivity contribution < 1.29 is 4.39 Å². The summed E-state index contributed by atoms with van der Waals surface area (Å²) in [6.45, 7) is 2.76. The van der Waals surface area contributed by atoms with Gasteiger partial charge in [0.2, 0.25) is 0 Å². The lowest BCUT2D eigenvalue weighted by atomic mass is 10.1. The molecule has 4 heteroatoms. The molecule has 0 aliphatic carbocycles. The Labute approximate surface area is 106 Å². The topological polar surface area (TPSA) is 50.9 Å². The molecule has 0 amide bonds. The summed E-state index contributed by atoms with van der Waals surface area (Å²) in [5.41, 5.74) is 8.90. The van der Waals surface area contributed by atoms with E-state index in [9.17, 15) is 4.39 Å². The van der Waals surface area contributed by atoms with E-state index < -0.39 is 0 Å². The summed E-state index contributed by atoms with van der Waals surface area (Å²) in [6, 6.07) is 6.97. The van der Waals surface area contributed by atoms with Crippen molar-refractivity contribution in [1.82, 2.24) is 4.98 Å². The molecule has 0 aliphatic rings. The maximum atomic E-state index is 13.7. The van der Waals surface area contributed by atoms with Crippen molar-refractivity contribution >= 4 is 5.69 Å². The lowest BCUT2D eigenvalue weighted by Gasteiger charge is -2.10. The normalized spacial score (nSPS) is 10.4. The molecular weight excluding hydrogens is 229 g/mol. The fraction of sp³-hybridized carbons (Fsp3) is 0.214. The van der Waals surface area contributed by atoms with Gasteiger partial charge in [0.25, 0.3) is 0 Å². The standard InChI is InChI=1S/C14H16FN3/c1-10-8-17-5-4-14(10)18-9-12-3-2-11(7-16)6-13(12)15/h2-6,8H,7,9,16H2,1H3,(H,17,18). The van der Waals surface area contributed by atoms with E-state index >= 15 is 0 Å². The van der Waals surface area contributed by atoms with E-state index in [1.165, 1.54) is 6.07 Å². The maximum absolute atomic E-state index is 13.7. The van der Waals surface area contributed by atoms with Gasteiger partial charge >= 0.3 is 0 Å². The molecule has 1 aromatic heterocycles. The average molecular weight is 245 g/mol. The first-order valence-electron chi connectivity index (χ1n) is 5.82. The number of aryl methyl sites for hydroxylation is 1. The predicted molar refractivity (Wildman–Crippen MR) is 70.6 cm³/mol. The van der Waals surface area contributed by atoms with Crippen molar-refractivity contribution in [2.45, 2.75) is 20.0 Å². The number of hydrogen-bond acceptors (Lipinski definition) is 3. The van der Waals surface area contributed by atoms with Gasteiger partial charge in [-0.25, -0.2) is 4.39 Å². The average Bonchev–Trinajstić information content (AvgIpc) is 2.39. The minimum absolute atomic E-state index is 0.225. The van der Waals surface area contributed by atoms with Gasteiger partial charge in [0.05, 0.1) is 0 Å². The fourth-order valence-corrected chi connectivity index (χ4v) is 1.72. The van der Waals surface area contributed by atoms with E-state index in [4.69, 9.17) is 5.73 Å². The van der Waals surface area contributed by atoms with Crippen LogP contribution in [-0.2, 0) is 13.1 Å². The molecule has 0 spiro atoms. The van der Waals surface area contributed by atoms with E-state index in [-0.39, 0.29) is 5.82 Å². The summed E-state index contributed by atoms with van der Waals surface area (Å²) in [5.74, 6) is -0.225. The zero-order valence-electron chi connectivity index (χ0n) is 10.3. The van der Waals surface area contributed by atoms with Crippen LogP contribution in [0.2, 0.25) is 0 Å². The second kappa shape index (κ2) is 5.60. The summed E-state index contributed by atoms with van der Waals surface area (Å²) in [5, 5.41) is 3.20. The van der Waals surface area contributed by atoms with E-state index in [2.05, 4.69) is 10.3 Å². The first kappa shape index (κ1) is 12.5. The van der Waals surface area contributed by atoms with Crippen LogP contribution in [0.3, 0.4) is 0 Å². The SMILES string of the molecule is Cc1cnccc1NCc1ccc(CN)cc1F. The summed E-state index contributed by atoms with van der Waals surface area (Å²) < 4.78 is 13.7. The van der Waals surface area contributed by atoms with Crippen LogP contribution < -0.4 is 11.1 Å². The van der Waals surface area contributed by atoms with Gasteiger partial charge in [-0.1, -0.05) is 12.1 Å². The predicted octanol–water partition coefficient (Wildman–Crippen LogP) is 2.60. The second-order valence-electron chi connectivity index (χ2n) is 4.17. The number of nitrogens with two attached hydrogens (primary N) is 1. The maximum Gasteiger partial charge on any atom is 0.128 e. The number of aromatic nitrogens is 1. The molecule has 2 rings (SSSR count). The van der Waals surface area contributed by atoms with E-state index in [0.29, 0.717) is 18.7 Å². The van der Waals surface area contributed by atoms with Gasteiger partial charge in [-0.05, 0) is 30.2 Å². The Balaban J connectivity index is 2.09. The molecule has 0 saturated carbocycles. The monoisotopic (exact) mass is 245 g/mol. The van der Waals surface area contributed by atoms with Crippen LogP contribution in [0.25, 0.3) is 0 Å². The largest absolute Gasteiger partial charge is 0.381 e. The highest BCUT2D eigenvalue weighted by atomic mass is 19.1. The van der Waals surface area contributed by atoms with E-state index in [1.54, 1.807) is 18.5 Å². The molecule has 2 aromatic rings. The molecule has 1 heterocycles. The van der Waals surface area contributed by atoms with Crippen LogP contribution in [0.4, 0.5) is 10.1 Å². The molecule has 94 valence electrons. The van der Waals surface area contributed by atoms with Crippen LogP contribution in [-0.4, -0.2) is 4.98 Å². The third-order valence-corrected chi connectivity index (χ3v) is 2.84. The molecule has 0 saturated heterocycles. The molecular formula is C14H16FN3. The van der Waals surface area contributed by atoms with Crippen molar-refractivity contribution in [3.8, 4) is 0 Å². The fourth-order valence-electron chi connectivity index (χ4n) is 1.72. The minimum Gasteiger partial charge on any atom is -0.381 e. The Kier molecular flexibility index (Phi) is 3.89. The molecule has 0 fully saturated rings. The molecule has 0 unspecified atom stereocenters. The number of halogens is 1. The Morgan fingerprint density at radius 1 is 1.33 bits per heavy atom. The second-order valence-corrected chi connectivity index (χ2v) is 4.17. The first-order chi connectivity index (χ1) is 8.70. The summed E-state index contributed by atoms with van der Waals surface area (Å²) in [6.07, 6.45) is 3.49. The molecule has 18 heavy (non-hydrogen) atoms. The van der Waals surface area contributed by atoms with Crippen molar-refractivity contribution in [2.24, 2.45) is 5.73 Å². The minimum atomic E-state index is -0.225. The first-order valence-corrected chi connectivity index (χ1v) is 5.82. The number of benzene rings is 1. The van der Waals surface area contributed by atoms with Crippen LogP contribution in [0.15, 0.2) is 36.7 Å². The Bertz CT molecular complexity index is 540. The Hall–Kier alpha value is -1.94. The zero-order chi connectivity index (χ0) is 13.0. The number of nitrogens with zero attached hydrogens (tertiary/aromatic N) is 1. The van der Waals surface area contributed by atoms with Gasteiger partial charge in [-0.2, -0.15) is 0 Å². The summed E-state index contributed by atoms with van der Waals surface area (Å²) in [4.78, 5) is 4.01. The van der Waals surface area contributed by atoms with Gasteiger partial charge in [-0.3, -0.25) is 4.98 Å². The zero-order valence-corrected chi connectivity index (χ0v) is 10.3. The van der Waals surface area contributed by atoms with Gasteiger partial charge in [0, 0.05) is 36.7 Å². The highest BCUT2D eigenvalue weighted by Crippen LogP contribution is 2.15. The van der Waals surface area contributed by atoms with Crippen LogP contribution in [0, 0.1) is 12.7 Å². The molecule has 0 bridgehead atoms. The number of rotatable bonds is 4. The van der Waals surface area contributed by atoms with Crippen molar-refractivity contribution in [3.63, 3.8) is 0 Å². The number of pyridine rings is 1. The van der Waals surface area contributed by atoms with Crippen LogP contribution in [0.5, 0.6) is 0 Å². The number of anilines is 1. The molecule has 0 radical (unpaired) electrons. The van der Waals surface area contributed by atoms with Gasteiger partial charge in [-0.15, -0.1) is 0 Å². The highest BCUT2D eigenvalue weighted by molar-refractivity contribution is 5.49. The van der Waals surface area contributed by atoms with Gasteiger partial charge in [0.1, 0.15) is 5.82 Å². The number of nitrogens with one attached hydrogen (secondary N) is 1. The van der Waals surface area contributed by atoms with Crippen molar-refractivity contribution in [1.29, 1.82) is 0 Å². The number of hydrogen-bond donors (Lipinski definition) is 2. The molecule has 3 N–H and O–H groups in total. The molecule has 1 aromatic carbocycles. The highest BCUT2D eigenvalue weighted by Gasteiger charge is 2.04. The Morgan fingerprint density at radius 3 is 2.83 bits per heavy atom. The smallest absolute Gasteiger partial charge is 0.128 e. The third-order valence-electron chi connectivity index (χ3n) is 2.84. The lowest BCUT2D eigenvalue weighted by Crippen LogP contribution is -2.05. The van der Waals surface area contributed by atoms with Gasteiger partial charge in [0.15, 0.2) is 0 Å².